The van der Waals surface area contributed by atoms with Crippen molar-refractivity contribution in [2.24, 2.45) is 0 Å². The van der Waals surface area contributed by atoms with Gasteiger partial charge in [0.1, 0.15) is 23.5 Å². The zero-order valence-corrected chi connectivity index (χ0v) is 20.0. The minimum absolute atomic E-state index is 0.0757. The Kier molecular flexibility index (Phi) is 6.92. The number of allylic oxidation sites excluding steroid dienone is 3. The SMILES string of the molecule is O=C1CC(O)=C2C(=O)N3C(CN2C=C1C(=O)NCC1=CCCC(F)C=C1F)OCCC3c1ccccc1. The standard InChI is InChI=1S/C27H27F2N3O5/c28-18-8-4-7-17(20(29)11-18)13-30-26(35)19-14-31-15-24-32(27(36)25(31)23(34)12-22(19)33)21(9-10-37-24)16-5-2-1-3-6-16/h1-3,5-7,11,14,18,21,24,34H,4,8-10,12-13,15H2,(H,30,35). The Morgan fingerprint density at radius 1 is 1.19 bits per heavy atom. The van der Waals surface area contributed by atoms with Gasteiger partial charge in [-0.25, -0.2) is 8.78 Å². The fraction of sp³-hybridized carbons (Fsp3) is 0.370. The van der Waals surface area contributed by atoms with Crippen molar-refractivity contribution in [3.8, 4) is 0 Å². The second kappa shape index (κ2) is 10.3. The van der Waals surface area contributed by atoms with Crippen LogP contribution in [0.3, 0.4) is 0 Å². The average Bonchev–Trinajstić information content (AvgIpc) is 3.12. The number of amides is 2. The summed E-state index contributed by atoms with van der Waals surface area (Å²) < 4.78 is 33.7. The molecule has 37 heavy (non-hydrogen) atoms. The number of halogens is 2. The highest BCUT2D eigenvalue weighted by molar-refractivity contribution is 6.20. The third-order valence-corrected chi connectivity index (χ3v) is 6.95. The van der Waals surface area contributed by atoms with Crippen LogP contribution in [0, 0.1) is 0 Å². The minimum atomic E-state index is -1.40. The van der Waals surface area contributed by atoms with Crippen LogP contribution in [0.1, 0.15) is 37.3 Å². The van der Waals surface area contributed by atoms with Crippen LogP contribution in [0.4, 0.5) is 8.78 Å². The molecule has 2 saturated heterocycles. The summed E-state index contributed by atoms with van der Waals surface area (Å²) in [5, 5.41) is 13.3. The van der Waals surface area contributed by atoms with Gasteiger partial charge in [0, 0.05) is 18.3 Å². The number of fused-ring (bicyclic) bond motifs is 2. The van der Waals surface area contributed by atoms with Crippen LogP contribution in [0.15, 0.2) is 77.1 Å². The number of ether oxygens (including phenoxy) is 1. The molecule has 0 radical (unpaired) electrons. The Morgan fingerprint density at radius 2 is 1.97 bits per heavy atom. The number of rotatable bonds is 4. The van der Waals surface area contributed by atoms with Crippen molar-refractivity contribution in [3.05, 3.63) is 82.7 Å². The van der Waals surface area contributed by atoms with E-state index in [1.54, 1.807) is 4.90 Å². The molecular weight excluding hydrogens is 484 g/mol. The highest BCUT2D eigenvalue weighted by Gasteiger charge is 2.45. The van der Waals surface area contributed by atoms with Crippen molar-refractivity contribution in [3.63, 3.8) is 0 Å². The van der Waals surface area contributed by atoms with Crippen molar-refractivity contribution in [1.29, 1.82) is 0 Å². The van der Waals surface area contributed by atoms with Gasteiger partial charge in [0.05, 0.1) is 31.2 Å². The summed E-state index contributed by atoms with van der Waals surface area (Å²) in [7, 11) is 0. The lowest BCUT2D eigenvalue weighted by atomic mass is 9.98. The maximum absolute atomic E-state index is 14.2. The Balaban J connectivity index is 1.38. The number of piperazine rings is 1. The zero-order chi connectivity index (χ0) is 26.1. The van der Waals surface area contributed by atoms with Crippen LogP contribution in [0.2, 0.25) is 0 Å². The number of nitrogens with one attached hydrogen (secondary N) is 1. The van der Waals surface area contributed by atoms with Crippen LogP contribution in [0.25, 0.3) is 0 Å². The largest absolute Gasteiger partial charge is 0.509 e. The number of alkyl halides is 1. The van der Waals surface area contributed by atoms with Crippen LogP contribution in [-0.4, -0.2) is 64.6 Å². The molecule has 0 saturated carbocycles. The van der Waals surface area contributed by atoms with Gasteiger partial charge in [0.15, 0.2) is 12.0 Å². The third kappa shape index (κ3) is 4.93. The second-order valence-corrected chi connectivity index (χ2v) is 9.36. The monoisotopic (exact) mass is 511 g/mol. The number of ketones is 1. The van der Waals surface area contributed by atoms with E-state index in [0.717, 1.165) is 11.6 Å². The van der Waals surface area contributed by atoms with Crippen LogP contribution in [0.5, 0.6) is 0 Å². The molecule has 8 nitrogen and oxygen atoms in total. The number of hydrogen-bond donors (Lipinski definition) is 2. The van der Waals surface area contributed by atoms with Gasteiger partial charge in [-0.3, -0.25) is 14.4 Å². The van der Waals surface area contributed by atoms with Gasteiger partial charge in [0.2, 0.25) is 0 Å². The molecule has 3 aliphatic heterocycles. The van der Waals surface area contributed by atoms with Gasteiger partial charge in [-0.2, -0.15) is 0 Å². The van der Waals surface area contributed by atoms with E-state index in [9.17, 15) is 28.3 Å². The Bertz CT molecular complexity index is 1240. The summed E-state index contributed by atoms with van der Waals surface area (Å²) in [4.78, 5) is 42.4. The number of carbonyl (C=O) groups excluding carboxylic acids is 3. The summed E-state index contributed by atoms with van der Waals surface area (Å²) in [6.45, 7) is 0.289. The first-order chi connectivity index (χ1) is 17.8. The van der Waals surface area contributed by atoms with E-state index in [2.05, 4.69) is 5.32 Å². The van der Waals surface area contributed by atoms with Crippen LogP contribution >= 0.6 is 0 Å². The normalized spacial score (nSPS) is 26.3. The lowest BCUT2D eigenvalue weighted by molar-refractivity contribution is -0.173. The van der Waals surface area contributed by atoms with E-state index in [-0.39, 0.29) is 42.4 Å². The minimum Gasteiger partial charge on any atom is -0.509 e. The maximum atomic E-state index is 14.2. The fourth-order valence-electron chi connectivity index (χ4n) is 5.10. The van der Waals surface area contributed by atoms with Crippen molar-refractivity contribution in [2.45, 2.75) is 44.1 Å². The summed E-state index contributed by atoms with van der Waals surface area (Å²) in [5.41, 5.74) is 0.711. The molecule has 3 unspecified atom stereocenters. The van der Waals surface area contributed by atoms with E-state index in [1.165, 1.54) is 17.2 Å². The predicted octanol–water partition coefficient (Wildman–Crippen LogP) is 3.27. The third-order valence-electron chi connectivity index (χ3n) is 6.95. The fourth-order valence-corrected chi connectivity index (χ4v) is 5.10. The summed E-state index contributed by atoms with van der Waals surface area (Å²) >= 11 is 0. The van der Waals surface area contributed by atoms with Gasteiger partial charge in [-0.05, 0) is 30.9 Å². The lowest BCUT2D eigenvalue weighted by Crippen LogP contribution is -2.58. The first-order valence-electron chi connectivity index (χ1n) is 12.3. The molecule has 2 amide bonds. The van der Waals surface area contributed by atoms with E-state index in [1.807, 2.05) is 30.3 Å². The summed E-state index contributed by atoms with van der Waals surface area (Å²) in [6.07, 6.45) is 2.08. The molecule has 3 atom stereocenters. The molecule has 0 bridgehead atoms. The molecule has 3 heterocycles. The Morgan fingerprint density at radius 3 is 2.76 bits per heavy atom. The smallest absolute Gasteiger partial charge is 0.276 e. The van der Waals surface area contributed by atoms with E-state index in [0.29, 0.717) is 19.4 Å². The van der Waals surface area contributed by atoms with E-state index < -0.39 is 48.0 Å². The lowest BCUT2D eigenvalue weighted by Gasteiger charge is -2.48. The van der Waals surface area contributed by atoms with E-state index in [4.69, 9.17) is 4.74 Å². The van der Waals surface area contributed by atoms with Crippen molar-refractivity contribution in [2.75, 3.05) is 19.7 Å². The highest BCUT2D eigenvalue weighted by atomic mass is 19.1. The predicted molar refractivity (Wildman–Crippen MR) is 129 cm³/mol. The number of carbonyl (C=O) groups is 3. The number of nitrogens with zero attached hydrogens (tertiary/aromatic N) is 2. The molecule has 0 spiro atoms. The zero-order valence-electron chi connectivity index (χ0n) is 20.0. The van der Waals surface area contributed by atoms with Crippen molar-refractivity contribution >= 4 is 17.6 Å². The molecule has 2 N–H and O–H groups in total. The quantitative estimate of drug-likeness (QED) is 0.602. The average molecular weight is 512 g/mol. The first kappa shape index (κ1) is 24.9. The van der Waals surface area contributed by atoms with E-state index >= 15 is 0 Å². The number of hydrogen-bond acceptors (Lipinski definition) is 6. The molecule has 1 aromatic rings. The van der Waals surface area contributed by atoms with Crippen molar-refractivity contribution < 1.29 is 33.0 Å². The molecule has 4 aliphatic rings. The molecule has 0 aromatic heterocycles. The number of Topliss-reactive ketones (excluding diaryl/α,β-unsaturated/α-hetero) is 1. The number of aliphatic hydroxyl groups excluding tert-OH is 1. The Labute approximate surface area is 212 Å². The summed E-state index contributed by atoms with van der Waals surface area (Å²) in [5.74, 6) is -3.14. The summed E-state index contributed by atoms with van der Waals surface area (Å²) in [6, 6.07) is 9.25. The topological polar surface area (TPSA) is 99.2 Å². The first-order valence-corrected chi connectivity index (χ1v) is 12.3. The van der Waals surface area contributed by atoms with Gasteiger partial charge < -0.3 is 25.0 Å². The number of aliphatic hydroxyl groups is 1. The molecular formula is C27H27F2N3O5. The second-order valence-electron chi connectivity index (χ2n) is 9.36. The molecule has 2 fully saturated rings. The Hall–Kier alpha value is -3.79. The molecule has 1 aliphatic carbocycles. The van der Waals surface area contributed by atoms with Gasteiger partial charge in [-0.15, -0.1) is 0 Å². The molecule has 10 heteroatoms. The van der Waals surface area contributed by atoms with Crippen molar-refractivity contribution in [1.82, 2.24) is 15.1 Å². The van der Waals surface area contributed by atoms with Gasteiger partial charge in [0.25, 0.3) is 11.8 Å². The van der Waals surface area contributed by atoms with Crippen LogP contribution < -0.4 is 5.32 Å². The maximum Gasteiger partial charge on any atom is 0.276 e. The molecule has 194 valence electrons. The molecule has 1 aromatic carbocycles. The molecule has 5 rings (SSSR count). The number of benzene rings is 1. The van der Waals surface area contributed by atoms with Gasteiger partial charge >= 0.3 is 0 Å². The highest BCUT2D eigenvalue weighted by Crippen LogP contribution is 2.38. The van der Waals surface area contributed by atoms with Crippen LogP contribution in [-0.2, 0) is 19.1 Å². The van der Waals surface area contributed by atoms with Gasteiger partial charge in [-0.1, -0.05) is 36.4 Å².